The minimum absolute atomic E-state index is 0.0336. The summed E-state index contributed by atoms with van der Waals surface area (Å²) in [6.45, 7) is 7.54. The van der Waals surface area contributed by atoms with Crippen LogP contribution >= 0.6 is 0 Å². The molecule has 3 aromatic rings. The van der Waals surface area contributed by atoms with Crippen molar-refractivity contribution in [2.45, 2.75) is 51.9 Å². The number of piperidine rings is 1. The van der Waals surface area contributed by atoms with Crippen LogP contribution in [0.1, 0.15) is 37.8 Å². The van der Waals surface area contributed by atoms with Gasteiger partial charge in [-0.3, -0.25) is 4.90 Å². The Balaban J connectivity index is 1.32. The molecule has 2 amide bonds. The number of hydrogen-bond donors (Lipinski definition) is 1. The third-order valence-electron chi connectivity index (χ3n) is 6.18. The average Bonchev–Trinajstić information content (AvgIpc) is 2.85. The lowest BCUT2D eigenvalue weighted by Crippen LogP contribution is -2.51. The molecule has 5 heteroatoms. The fourth-order valence-electron chi connectivity index (χ4n) is 4.41. The van der Waals surface area contributed by atoms with Gasteiger partial charge in [-0.2, -0.15) is 0 Å². The van der Waals surface area contributed by atoms with Crippen LogP contribution in [0, 0.1) is 0 Å². The van der Waals surface area contributed by atoms with E-state index >= 15 is 0 Å². The molecule has 34 heavy (non-hydrogen) atoms. The first kappa shape index (κ1) is 23.8. The van der Waals surface area contributed by atoms with Gasteiger partial charge in [-0.15, -0.1) is 0 Å². The molecule has 0 atom stereocenters. The summed E-state index contributed by atoms with van der Waals surface area (Å²) in [6.07, 6.45) is 1.96. The quantitative estimate of drug-likeness (QED) is 0.447. The third kappa shape index (κ3) is 6.84. The van der Waals surface area contributed by atoms with Crippen molar-refractivity contribution in [3.8, 4) is 11.5 Å². The monoisotopic (exact) mass is 457 g/mol. The predicted octanol–water partition coefficient (Wildman–Crippen LogP) is 6.06. The summed E-state index contributed by atoms with van der Waals surface area (Å²) < 4.78 is 5.91. The maximum atomic E-state index is 13.0. The second-order valence-electron chi connectivity index (χ2n) is 9.28. The maximum absolute atomic E-state index is 13.0. The summed E-state index contributed by atoms with van der Waals surface area (Å²) in [4.78, 5) is 17.5. The van der Waals surface area contributed by atoms with E-state index in [1.165, 1.54) is 11.1 Å². The van der Waals surface area contributed by atoms with Crippen LogP contribution in [0.5, 0.6) is 11.5 Å². The molecule has 0 spiro atoms. The molecular formula is C29H35N3O2. The third-order valence-corrected chi connectivity index (χ3v) is 6.18. The van der Waals surface area contributed by atoms with Gasteiger partial charge in [-0.25, -0.2) is 4.79 Å². The number of likely N-dealkylation sites (tertiary alicyclic amines) is 1. The van der Waals surface area contributed by atoms with Crippen LogP contribution in [0.25, 0.3) is 0 Å². The molecule has 0 bridgehead atoms. The van der Waals surface area contributed by atoms with E-state index in [1.54, 1.807) is 0 Å². The van der Waals surface area contributed by atoms with Crippen LogP contribution < -0.4 is 10.1 Å². The molecule has 1 saturated heterocycles. The SMILES string of the molecule is CC(C)NC(=O)N(Cc1ccccc1)C1CCN(Cc2ccc(Oc3ccccc3)cc2)CC1. The molecule has 1 heterocycles. The van der Waals surface area contributed by atoms with Crippen molar-refractivity contribution in [2.24, 2.45) is 0 Å². The lowest BCUT2D eigenvalue weighted by atomic mass is 10.0. The van der Waals surface area contributed by atoms with Gasteiger partial charge < -0.3 is 15.0 Å². The van der Waals surface area contributed by atoms with Crippen molar-refractivity contribution >= 4 is 6.03 Å². The van der Waals surface area contributed by atoms with E-state index in [0.29, 0.717) is 6.54 Å². The zero-order valence-corrected chi connectivity index (χ0v) is 20.2. The molecule has 0 radical (unpaired) electrons. The van der Waals surface area contributed by atoms with Gasteiger partial charge in [0.15, 0.2) is 0 Å². The van der Waals surface area contributed by atoms with Crippen LogP contribution in [-0.4, -0.2) is 41.0 Å². The fraction of sp³-hybridized carbons (Fsp3) is 0.345. The molecule has 1 aliphatic rings. The zero-order valence-electron chi connectivity index (χ0n) is 20.2. The number of hydrogen-bond acceptors (Lipinski definition) is 3. The first-order valence-electron chi connectivity index (χ1n) is 12.2. The summed E-state index contributed by atoms with van der Waals surface area (Å²) >= 11 is 0. The molecule has 178 valence electrons. The first-order valence-corrected chi connectivity index (χ1v) is 12.2. The predicted molar refractivity (Wildman–Crippen MR) is 137 cm³/mol. The molecule has 0 unspecified atom stereocenters. The number of carbonyl (C=O) groups excluding carboxylic acids is 1. The standard InChI is InChI=1S/C29H35N3O2/c1-23(2)30-29(33)32(22-24-9-5-3-6-10-24)26-17-19-31(20-18-26)21-25-13-15-28(16-14-25)34-27-11-7-4-8-12-27/h3-16,23,26H,17-22H2,1-2H3,(H,30,33). The van der Waals surface area contributed by atoms with Crippen molar-refractivity contribution in [3.05, 3.63) is 96.1 Å². The number of rotatable bonds is 8. The summed E-state index contributed by atoms with van der Waals surface area (Å²) in [5.74, 6) is 1.69. The Morgan fingerprint density at radius 1 is 0.882 bits per heavy atom. The molecule has 1 aliphatic heterocycles. The normalized spacial score (nSPS) is 14.7. The number of ether oxygens (including phenoxy) is 1. The van der Waals surface area contributed by atoms with Crippen LogP contribution in [0.4, 0.5) is 4.79 Å². The van der Waals surface area contributed by atoms with Gasteiger partial charge in [0.25, 0.3) is 0 Å². The summed E-state index contributed by atoms with van der Waals surface area (Å²) in [7, 11) is 0. The van der Waals surface area contributed by atoms with Gasteiger partial charge in [0.05, 0.1) is 0 Å². The second kappa shape index (κ2) is 11.7. The van der Waals surface area contributed by atoms with Crippen molar-refractivity contribution in [1.29, 1.82) is 0 Å². The van der Waals surface area contributed by atoms with E-state index in [1.807, 2.05) is 79.4 Å². The largest absolute Gasteiger partial charge is 0.457 e. The Hall–Kier alpha value is -3.31. The molecule has 1 N–H and O–H groups in total. The smallest absolute Gasteiger partial charge is 0.318 e. The number of urea groups is 1. The zero-order chi connectivity index (χ0) is 23.8. The number of para-hydroxylation sites is 1. The van der Waals surface area contributed by atoms with Crippen molar-refractivity contribution < 1.29 is 9.53 Å². The van der Waals surface area contributed by atoms with Crippen LogP contribution in [0.3, 0.4) is 0 Å². The minimum atomic E-state index is 0.0336. The second-order valence-corrected chi connectivity index (χ2v) is 9.28. The Kier molecular flexibility index (Phi) is 8.21. The van der Waals surface area contributed by atoms with Gasteiger partial charge in [-0.05, 0) is 62.1 Å². The van der Waals surface area contributed by atoms with E-state index in [-0.39, 0.29) is 18.1 Å². The highest BCUT2D eigenvalue weighted by Crippen LogP contribution is 2.24. The summed E-state index contributed by atoms with van der Waals surface area (Å²) in [5, 5.41) is 3.10. The molecule has 0 aliphatic carbocycles. The van der Waals surface area contributed by atoms with Crippen LogP contribution in [0.2, 0.25) is 0 Å². The Labute approximate surface area is 203 Å². The molecule has 0 aromatic heterocycles. The summed E-state index contributed by atoms with van der Waals surface area (Å²) in [6, 6.07) is 28.9. The van der Waals surface area contributed by atoms with Crippen LogP contribution in [-0.2, 0) is 13.1 Å². The van der Waals surface area contributed by atoms with Crippen molar-refractivity contribution in [1.82, 2.24) is 15.1 Å². The molecular weight excluding hydrogens is 422 g/mol. The van der Waals surface area contributed by atoms with Gasteiger partial charge >= 0.3 is 6.03 Å². The number of benzene rings is 3. The molecule has 1 fully saturated rings. The van der Waals surface area contributed by atoms with Gasteiger partial charge in [-0.1, -0.05) is 60.7 Å². The topological polar surface area (TPSA) is 44.8 Å². The van der Waals surface area contributed by atoms with Crippen molar-refractivity contribution in [2.75, 3.05) is 13.1 Å². The molecule has 4 rings (SSSR count). The number of amides is 2. The highest BCUT2D eigenvalue weighted by atomic mass is 16.5. The first-order chi connectivity index (χ1) is 16.6. The minimum Gasteiger partial charge on any atom is -0.457 e. The van der Waals surface area contributed by atoms with E-state index in [0.717, 1.165) is 44.0 Å². The van der Waals surface area contributed by atoms with Gasteiger partial charge in [0.2, 0.25) is 0 Å². The Bertz CT molecular complexity index is 1010. The molecule has 0 saturated carbocycles. The number of carbonyl (C=O) groups is 1. The highest BCUT2D eigenvalue weighted by molar-refractivity contribution is 5.74. The molecule has 3 aromatic carbocycles. The lowest BCUT2D eigenvalue weighted by molar-refractivity contribution is 0.112. The summed E-state index contributed by atoms with van der Waals surface area (Å²) in [5.41, 5.74) is 2.44. The van der Waals surface area contributed by atoms with Gasteiger partial charge in [0.1, 0.15) is 11.5 Å². The van der Waals surface area contributed by atoms with Crippen molar-refractivity contribution in [3.63, 3.8) is 0 Å². The Morgan fingerprint density at radius 2 is 1.47 bits per heavy atom. The van der Waals surface area contributed by atoms with Gasteiger partial charge in [0, 0.05) is 38.3 Å². The average molecular weight is 458 g/mol. The Morgan fingerprint density at radius 3 is 2.09 bits per heavy atom. The van der Waals surface area contributed by atoms with E-state index in [4.69, 9.17) is 4.74 Å². The van der Waals surface area contributed by atoms with E-state index in [2.05, 4.69) is 34.5 Å². The number of nitrogens with one attached hydrogen (secondary N) is 1. The molecule has 5 nitrogen and oxygen atoms in total. The fourth-order valence-corrected chi connectivity index (χ4v) is 4.41. The van der Waals surface area contributed by atoms with Crippen LogP contribution in [0.15, 0.2) is 84.9 Å². The van der Waals surface area contributed by atoms with E-state index in [9.17, 15) is 4.79 Å². The van der Waals surface area contributed by atoms with E-state index < -0.39 is 0 Å². The lowest BCUT2D eigenvalue weighted by Gasteiger charge is -2.39. The number of nitrogens with zero attached hydrogens (tertiary/aromatic N) is 2. The highest BCUT2D eigenvalue weighted by Gasteiger charge is 2.28. The maximum Gasteiger partial charge on any atom is 0.318 e.